The molecule has 1 aliphatic rings. The molecule has 6 heteroatoms. The van der Waals surface area contributed by atoms with Crippen molar-refractivity contribution in [3.05, 3.63) is 29.3 Å². The van der Waals surface area contributed by atoms with Crippen LogP contribution in [0.4, 0.5) is 0 Å². The number of amides is 1. The van der Waals surface area contributed by atoms with Gasteiger partial charge in [0.05, 0.1) is 17.0 Å². The van der Waals surface area contributed by atoms with E-state index in [1.807, 2.05) is 17.5 Å². The van der Waals surface area contributed by atoms with Crippen LogP contribution in [0.15, 0.2) is 28.1 Å². The van der Waals surface area contributed by atoms with Crippen LogP contribution in [0.5, 0.6) is 0 Å². The van der Waals surface area contributed by atoms with Crippen LogP contribution < -0.4 is 5.32 Å². The van der Waals surface area contributed by atoms with Crippen molar-refractivity contribution in [1.29, 1.82) is 0 Å². The number of hydrogen-bond acceptors (Lipinski definition) is 5. The molecular formula is C14H16N2O3S. The first kappa shape index (κ1) is 13.3. The molecule has 2 aromatic heterocycles. The highest BCUT2D eigenvalue weighted by Gasteiger charge is 2.35. The molecule has 0 bridgehead atoms. The van der Waals surface area contributed by atoms with Crippen LogP contribution in [0, 0.1) is 0 Å². The summed E-state index contributed by atoms with van der Waals surface area (Å²) in [6.07, 6.45) is 3.68. The first-order chi connectivity index (χ1) is 9.72. The van der Waals surface area contributed by atoms with Crippen molar-refractivity contribution < 1.29 is 14.4 Å². The standard InChI is InChI=1S/C14H16N2O3S/c17-9-14(5-1-2-6-14)15-13(18)10-8-11(19-16-10)12-4-3-7-20-12/h3-4,7-8,17H,1-2,5-6,9H2,(H,15,18). The second-order valence-corrected chi connectivity index (χ2v) is 6.10. The lowest BCUT2D eigenvalue weighted by Gasteiger charge is -2.27. The Bertz CT molecular complexity index is 585. The van der Waals surface area contributed by atoms with E-state index < -0.39 is 5.54 Å². The summed E-state index contributed by atoms with van der Waals surface area (Å²) < 4.78 is 5.20. The molecule has 106 valence electrons. The lowest BCUT2D eigenvalue weighted by atomic mass is 9.99. The predicted octanol–water partition coefficient (Wildman–Crippen LogP) is 2.44. The highest BCUT2D eigenvalue weighted by atomic mass is 32.1. The Morgan fingerprint density at radius 3 is 2.95 bits per heavy atom. The second kappa shape index (κ2) is 5.38. The highest BCUT2D eigenvalue weighted by Crippen LogP contribution is 2.30. The van der Waals surface area contributed by atoms with E-state index in [1.165, 1.54) is 11.3 Å². The zero-order chi connectivity index (χ0) is 14.0. The van der Waals surface area contributed by atoms with Gasteiger partial charge in [0, 0.05) is 6.07 Å². The van der Waals surface area contributed by atoms with Gasteiger partial charge in [-0.1, -0.05) is 24.1 Å². The number of rotatable bonds is 4. The maximum atomic E-state index is 12.2. The summed E-state index contributed by atoms with van der Waals surface area (Å²) in [5.74, 6) is 0.308. The van der Waals surface area contributed by atoms with Crippen molar-refractivity contribution >= 4 is 17.2 Å². The Balaban J connectivity index is 1.74. The average molecular weight is 292 g/mol. The van der Waals surface area contributed by atoms with E-state index in [4.69, 9.17) is 4.52 Å². The fourth-order valence-electron chi connectivity index (χ4n) is 2.60. The van der Waals surface area contributed by atoms with Gasteiger partial charge < -0.3 is 14.9 Å². The van der Waals surface area contributed by atoms with Gasteiger partial charge in [-0.05, 0) is 24.3 Å². The van der Waals surface area contributed by atoms with E-state index in [2.05, 4.69) is 10.5 Å². The summed E-state index contributed by atoms with van der Waals surface area (Å²) in [4.78, 5) is 13.1. The van der Waals surface area contributed by atoms with Gasteiger partial charge >= 0.3 is 0 Å². The van der Waals surface area contributed by atoms with Gasteiger partial charge in [-0.3, -0.25) is 4.79 Å². The van der Waals surface area contributed by atoms with Gasteiger partial charge in [-0.15, -0.1) is 11.3 Å². The number of aliphatic hydroxyl groups excluding tert-OH is 1. The molecule has 20 heavy (non-hydrogen) atoms. The molecule has 2 aromatic rings. The van der Waals surface area contributed by atoms with Gasteiger partial charge in [-0.25, -0.2) is 0 Å². The summed E-state index contributed by atoms with van der Waals surface area (Å²) >= 11 is 1.53. The third-order valence-corrected chi connectivity index (χ3v) is 4.63. The van der Waals surface area contributed by atoms with E-state index >= 15 is 0 Å². The maximum absolute atomic E-state index is 12.2. The number of aliphatic hydroxyl groups is 1. The number of hydrogen-bond donors (Lipinski definition) is 2. The molecule has 0 saturated heterocycles. The second-order valence-electron chi connectivity index (χ2n) is 5.15. The fraction of sp³-hybridized carbons (Fsp3) is 0.429. The summed E-state index contributed by atoms with van der Waals surface area (Å²) in [5, 5.41) is 18.2. The Hall–Kier alpha value is -1.66. The smallest absolute Gasteiger partial charge is 0.273 e. The first-order valence-electron chi connectivity index (χ1n) is 6.66. The minimum atomic E-state index is -0.487. The molecule has 2 N–H and O–H groups in total. The molecule has 1 aliphatic carbocycles. The molecule has 1 fully saturated rings. The average Bonchev–Trinajstić information content (AvgIpc) is 3.19. The van der Waals surface area contributed by atoms with Crippen molar-refractivity contribution in [3.8, 4) is 10.6 Å². The molecule has 0 radical (unpaired) electrons. The van der Waals surface area contributed by atoms with Crippen LogP contribution in [0.2, 0.25) is 0 Å². The maximum Gasteiger partial charge on any atom is 0.273 e. The minimum Gasteiger partial charge on any atom is -0.394 e. The molecule has 3 rings (SSSR count). The summed E-state index contributed by atoms with van der Waals surface area (Å²) in [5.41, 5.74) is -0.229. The quantitative estimate of drug-likeness (QED) is 0.907. The van der Waals surface area contributed by atoms with Crippen molar-refractivity contribution in [2.45, 2.75) is 31.2 Å². The molecule has 0 atom stereocenters. The van der Waals surface area contributed by atoms with Gasteiger partial charge in [0.1, 0.15) is 0 Å². The van der Waals surface area contributed by atoms with Crippen molar-refractivity contribution in [2.24, 2.45) is 0 Å². The molecule has 0 unspecified atom stereocenters. The van der Waals surface area contributed by atoms with E-state index in [-0.39, 0.29) is 18.2 Å². The predicted molar refractivity (Wildman–Crippen MR) is 75.6 cm³/mol. The van der Waals surface area contributed by atoms with Crippen LogP contribution in [-0.2, 0) is 0 Å². The number of nitrogens with zero attached hydrogens (tertiary/aromatic N) is 1. The van der Waals surface area contributed by atoms with Crippen molar-refractivity contribution in [3.63, 3.8) is 0 Å². The normalized spacial score (nSPS) is 17.2. The highest BCUT2D eigenvalue weighted by molar-refractivity contribution is 7.13. The van der Waals surface area contributed by atoms with Crippen molar-refractivity contribution in [2.75, 3.05) is 6.61 Å². The monoisotopic (exact) mass is 292 g/mol. The lowest BCUT2D eigenvalue weighted by molar-refractivity contribution is 0.0829. The molecule has 0 spiro atoms. The SMILES string of the molecule is O=C(NC1(CO)CCCC1)c1cc(-c2cccs2)on1. The Morgan fingerprint density at radius 1 is 1.50 bits per heavy atom. The van der Waals surface area contributed by atoms with Gasteiger partial charge in [-0.2, -0.15) is 0 Å². The molecular weight excluding hydrogens is 276 g/mol. The molecule has 5 nitrogen and oxygen atoms in total. The topological polar surface area (TPSA) is 75.4 Å². The van der Waals surface area contributed by atoms with Crippen LogP contribution >= 0.6 is 11.3 Å². The number of carbonyl (C=O) groups excluding carboxylic acids is 1. The summed E-state index contributed by atoms with van der Waals surface area (Å²) in [6.45, 7) is -0.0334. The van der Waals surface area contributed by atoms with E-state index in [9.17, 15) is 9.90 Å². The zero-order valence-electron chi connectivity index (χ0n) is 11.0. The first-order valence-corrected chi connectivity index (χ1v) is 7.54. The minimum absolute atomic E-state index is 0.0334. The Labute approximate surface area is 120 Å². The third-order valence-electron chi connectivity index (χ3n) is 3.75. The Morgan fingerprint density at radius 2 is 2.30 bits per heavy atom. The number of carbonyl (C=O) groups is 1. The molecule has 0 aromatic carbocycles. The van der Waals surface area contributed by atoms with Crippen LogP contribution in [0.1, 0.15) is 36.2 Å². The lowest BCUT2D eigenvalue weighted by Crippen LogP contribution is -2.49. The Kier molecular flexibility index (Phi) is 3.58. The van der Waals surface area contributed by atoms with E-state index in [1.54, 1.807) is 6.07 Å². The largest absolute Gasteiger partial charge is 0.394 e. The van der Waals surface area contributed by atoms with Crippen LogP contribution in [0.25, 0.3) is 10.6 Å². The molecule has 0 aliphatic heterocycles. The van der Waals surface area contributed by atoms with Crippen LogP contribution in [-0.4, -0.2) is 28.3 Å². The summed E-state index contributed by atoms with van der Waals surface area (Å²) in [7, 11) is 0. The van der Waals surface area contributed by atoms with E-state index in [0.29, 0.717) is 5.76 Å². The fourth-order valence-corrected chi connectivity index (χ4v) is 3.27. The molecule has 1 saturated carbocycles. The van der Waals surface area contributed by atoms with Gasteiger partial charge in [0.25, 0.3) is 5.91 Å². The number of nitrogens with one attached hydrogen (secondary N) is 1. The molecule has 1 amide bonds. The van der Waals surface area contributed by atoms with E-state index in [0.717, 1.165) is 30.6 Å². The third kappa shape index (κ3) is 2.48. The van der Waals surface area contributed by atoms with Gasteiger partial charge in [0.15, 0.2) is 11.5 Å². The van der Waals surface area contributed by atoms with Crippen LogP contribution in [0.3, 0.4) is 0 Å². The van der Waals surface area contributed by atoms with Crippen molar-refractivity contribution in [1.82, 2.24) is 10.5 Å². The molecule has 2 heterocycles. The number of aromatic nitrogens is 1. The van der Waals surface area contributed by atoms with Gasteiger partial charge in [0.2, 0.25) is 0 Å². The summed E-state index contributed by atoms with van der Waals surface area (Å²) in [6, 6.07) is 5.47. The number of thiophene rings is 1. The zero-order valence-corrected chi connectivity index (χ0v) is 11.8.